The maximum Gasteiger partial charge on any atom is 0.325 e. The van der Waals surface area contributed by atoms with Crippen molar-refractivity contribution in [3.05, 3.63) is 34.3 Å². The highest BCUT2D eigenvalue weighted by atomic mass is 79.9. The number of hydrogen-bond donors (Lipinski definition) is 2. The number of rotatable bonds is 4. The summed E-state index contributed by atoms with van der Waals surface area (Å²) in [6, 6.07) is 6.55. The lowest BCUT2D eigenvalue weighted by Gasteiger charge is -2.22. The second-order valence-corrected chi connectivity index (χ2v) is 6.59. The Morgan fingerprint density at radius 3 is 2.68 bits per heavy atom. The molecule has 0 radical (unpaired) electrons. The smallest absolute Gasteiger partial charge is 0.325 e. The van der Waals surface area contributed by atoms with Gasteiger partial charge in [-0.25, -0.2) is 4.79 Å². The summed E-state index contributed by atoms with van der Waals surface area (Å²) in [4.78, 5) is 37.5. The maximum absolute atomic E-state index is 12.6. The molecule has 0 spiro atoms. The van der Waals surface area contributed by atoms with Crippen LogP contribution in [-0.4, -0.2) is 35.3 Å². The van der Waals surface area contributed by atoms with E-state index in [0.29, 0.717) is 5.56 Å². The number of halogens is 1. The Hall–Kier alpha value is -1.89. The SMILES string of the molecule is CC(C)NC(=O)CN1C(=O)N[C@](C)(c2cccc(Br)c2)C1=O. The fourth-order valence-corrected chi connectivity index (χ4v) is 2.75. The average Bonchev–Trinajstić information content (AvgIpc) is 2.63. The van der Waals surface area contributed by atoms with Crippen LogP contribution >= 0.6 is 15.9 Å². The predicted molar refractivity (Wildman–Crippen MR) is 85.0 cm³/mol. The normalized spacial score (nSPS) is 21.2. The van der Waals surface area contributed by atoms with Crippen LogP contribution in [0.3, 0.4) is 0 Å². The summed E-state index contributed by atoms with van der Waals surface area (Å²) < 4.78 is 0.810. The van der Waals surface area contributed by atoms with E-state index in [9.17, 15) is 14.4 Å². The van der Waals surface area contributed by atoms with E-state index >= 15 is 0 Å². The molecule has 0 aromatic heterocycles. The van der Waals surface area contributed by atoms with Gasteiger partial charge < -0.3 is 10.6 Å². The third kappa shape index (κ3) is 3.14. The van der Waals surface area contributed by atoms with Gasteiger partial charge in [-0.05, 0) is 38.5 Å². The van der Waals surface area contributed by atoms with E-state index < -0.39 is 17.5 Å². The zero-order valence-electron chi connectivity index (χ0n) is 12.6. The van der Waals surface area contributed by atoms with E-state index in [1.807, 2.05) is 19.9 Å². The van der Waals surface area contributed by atoms with Gasteiger partial charge in [0.2, 0.25) is 5.91 Å². The standard InChI is InChI=1S/C15H18BrN3O3/c1-9(2)17-12(20)8-19-13(21)15(3,18-14(19)22)10-5-4-6-11(16)7-10/h4-7,9H,8H2,1-3H3,(H,17,20)(H,18,22)/t15-/m1/s1. The van der Waals surface area contributed by atoms with Gasteiger partial charge in [-0.3, -0.25) is 14.5 Å². The van der Waals surface area contributed by atoms with Crippen LogP contribution in [0.1, 0.15) is 26.3 Å². The summed E-state index contributed by atoms with van der Waals surface area (Å²) in [6.45, 7) is 4.98. The molecule has 0 bridgehead atoms. The van der Waals surface area contributed by atoms with E-state index in [0.717, 1.165) is 9.37 Å². The lowest BCUT2D eigenvalue weighted by Crippen LogP contribution is -2.44. The van der Waals surface area contributed by atoms with Gasteiger partial charge in [-0.1, -0.05) is 28.1 Å². The van der Waals surface area contributed by atoms with Gasteiger partial charge in [-0.2, -0.15) is 0 Å². The molecule has 2 rings (SSSR count). The predicted octanol–water partition coefficient (Wildman–Crippen LogP) is 1.74. The Morgan fingerprint density at radius 1 is 1.41 bits per heavy atom. The minimum atomic E-state index is -1.17. The average molecular weight is 368 g/mol. The van der Waals surface area contributed by atoms with Crippen molar-refractivity contribution in [2.75, 3.05) is 6.54 Å². The number of imide groups is 1. The largest absolute Gasteiger partial charge is 0.352 e. The summed E-state index contributed by atoms with van der Waals surface area (Å²) in [5.41, 5.74) is -0.508. The Balaban J connectivity index is 2.23. The van der Waals surface area contributed by atoms with Crippen LogP contribution in [0.25, 0.3) is 0 Å². The molecule has 1 aliphatic rings. The highest BCUT2D eigenvalue weighted by molar-refractivity contribution is 9.10. The van der Waals surface area contributed by atoms with Gasteiger partial charge in [0.25, 0.3) is 5.91 Å². The number of nitrogens with one attached hydrogen (secondary N) is 2. The van der Waals surface area contributed by atoms with Crippen molar-refractivity contribution >= 4 is 33.8 Å². The molecule has 118 valence electrons. The monoisotopic (exact) mass is 367 g/mol. The van der Waals surface area contributed by atoms with Crippen molar-refractivity contribution in [2.24, 2.45) is 0 Å². The van der Waals surface area contributed by atoms with Crippen molar-refractivity contribution in [3.63, 3.8) is 0 Å². The zero-order chi connectivity index (χ0) is 16.5. The fraction of sp³-hybridized carbons (Fsp3) is 0.400. The summed E-state index contributed by atoms with van der Waals surface area (Å²) in [6.07, 6.45) is 0. The van der Waals surface area contributed by atoms with Crippen LogP contribution in [0.15, 0.2) is 28.7 Å². The lowest BCUT2D eigenvalue weighted by molar-refractivity contribution is -0.135. The summed E-state index contributed by atoms with van der Waals surface area (Å²) in [5.74, 6) is -0.800. The lowest BCUT2D eigenvalue weighted by atomic mass is 9.92. The van der Waals surface area contributed by atoms with Crippen molar-refractivity contribution in [1.29, 1.82) is 0 Å². The number of carbonyl (C=O) groups is 3. The molecule has 0 aliphatic carbocycles. The number of nitrogens with zero attached hydrogens (tertiary/aromatic N) is 1. The van der Waals surface area contributed by atoms with Crippen molar-refractivity contribution in [2.45, 2.75) is 32.4 Å². The first-order valence-corrected chi connectivity index (χ1v) is 7.73. The van der Waals surface area contributed by atoms with Crippen LogP contribution in [0.4, 0.5) is 4.79 Å². The molecule has 4 amide bonds. The number of hydrogen-bond acceptors (Lipinski definition) is 3. The van der Waals surface area contributed by atoms with Gasteiger partial charge in [0.05, 0.1) is 0 Å². The molecule has 0 unspecified atom stereocenters. The van der Waals surface area contributed by atoms with Crippen molar-refractivity contribution in [3.8, 4) is 0 Å². The van der Waals surface area contributed by atoms with E-state index in [-0.39, 0.29) is 18.5 Å². The molecule has 6 nitrogen and oxygen atoms in total. The van der Waals surface area contributed by atoms with Crippen LogP contribution < -0.4 is 10.6 Å². The molecule has 1 heterocycles. The fourth-order valence-electron chi connectivity index (χ4n) is 2.35. The topological polar surface area (TPSA) is 78.5 Å². The maximum atomic E-state index is 12.6. The van der Waals surface area contributed by atoms with Crippen LogP contribution in [0, 0.1) is 0 Å². The van der Waals surface area contributed by atoms with Gasteiger partial charge in [0, 0.05) is 10.5 Å². The first kappa shape index (κ1) is 16.5. The van der Waals surface area contributed by atoms with E-state index in [1.54, 1.807) is 25.1 Å². The number of urea groups is 1. The Labute approximate surface area is 137 Å². The van der Waals surface area contributed by atoms with Crippen molar-refractivity contribution < 1.29 is 14.4 Å². The molecule has 0 saturated carbocycles. The molecule has 1 aliphatic heterocycles. The summed E-state index contributed by atoms with van der Waals surface area (Å²) in [5, 5.41) is 5.34. The number of carbonyl (C=O) groups excluding carboxylic acids is 3. The van der Waals surface area contributed by atoms with Gasteiger partial charge >= 0.3 is 6.03 Å². The third-order valence-corrected chi connectivity index (χ3v) is 3.92. The Morgan fingerprint density at radius 2 is 2.09 bits per heavy atom. The van der Waals surface area contributed by atoms with E-state index in [4.69, 9.17) is 0 Å². The van der Waals surface area contributed by atoms with Crippen molar-refractivity contribution in [1.82, 2.24) is 15.5 Å². The first-order chi connectivity index (χ1) is 10.2. The number of benzene rings is 1. The molecule has 1 atom stereocenters. The van der Waals surface area contributed by atoms with Crippen LogP contribution in [0.5, 0.6) is 0 Å². The Bertz CT molecular complexity index is 632. The highest BCUT2D eigenvalue weighted by Crippen LogP contribution is 2.30. The Kier molecular flexibility index (Phi) is 4.55. The molecule has 22 heavy (non-hydrogen) atoms. The molecule has 1 saturated heterocycles. The second kappa shape index (κ2) is 6.08. The summed E-state index contributed by atoms with van der Waals surface area (Å²) >= 11 is 3.35. The number of amides is 4. The minimum Gasteiger partial charge on any atom is -0.352 e. The quantitative estimate of drug-likeness (QED) is 0.795. The third-order valence-electron chi connectivity index (χ3n) is 3.43. The van der Waals surface area contributed by atoms with Gasteiger partial charge in [0.15, 0.2) is 0 Å². The summed E-state index contributed by atoms with van der Waals surface area (Å²) in [7, 11) is 0. The molecule has 2 N–H and O–H groups in total. The van der Waals surface area contributed by atoms with Crippen LogP contribution in [0.2, 0.25) is 0 Å². The molecule has 1 fully saturated rings. The molecule has 1 aromatic rings. The molecular weight excluding hydrogens is 350 g/mol. The molecule has 7 heteroatoms. The zero-order valence-corrected chi connectivity index (χ0v) is 14.2. The van der Waals surface area contributed by atoms with E-state index in [1.165, 1.54) is 0 Å². The van der Waals surface area contributed by atoms with Gasteiger partial charge in [-0.15, -0.1) is 0 Å². The molecular formula is C15H18BrN3O3. The van der Waals surface area contributed by atoms with Gasteiger partial charge in [0.1, 0.15) is 12.1 Å². The minimum absolute atomic E-state index is 0.0512. The molecule has 1 aromatic carbocycles. The first-order valence-electron chi connectivity index (χ1n) is 6.93. The second-order valence-electron chi connectivity index (χ2n) is 5.68. The highest BCUT2D eigenvalue weighted by Gasteiger charge is 2.49. The van der Waals surface area contributed by atoms with E-state index in [2.05, 4.69) is 26.6 Å². The van der Waals surface area contributed by atoms with Crippen LogP contribution in [-0.2, 0) is 15.1 Å².